The van der Waals surface area contributed by atoms with Crippen LogP contribution >= 0.6 is 15.9 Å². The number of hydrogen-bond acceptors (Lipinski definition) is 2. The lowest BCUT2D eigenvalue weighted by molar-refractivity contribution is 0.0702. The predicted octanol–water partition coefficient (Wildman–Crippen LogP) is 2.15. The van der Waals surface area contributed by atoms with Crippen molar-refractivity contribution in [3.05, 3.63) is 34.2 Å². The first-order valence-electron chi connectivity index (χ1n) is 6.28. The second-order valence-corrected chi connectivity index (χ2v) is 5.25. The van der Waals surface area contributed by atoms with Gasteiger partial charge in [-0.25, -0.2) is 0 Å². The zero-order chi connectivity index (χ0) is 13.0. The van der Waals surface area contributed by atoms with Gasteiger partial charge >= 0.3 is 0 Å². The normalized spacial score (nSPS) is 20.5. The Hall–Kier alpha value is -1.10. The van der Waals surface area contributed by atoms with Gasteiger partial charge in [-0.2, -0.15) is 0 Å². The Balaban J connectivity index is 2.22. The number of alkyl halides is 1. The van der Waals surface area contributed by atoms with Crippen molar-refractivity contribution >= 4 is 21.8 Å². The standard InChI is InChI=1S/C13H17BrN2O2/c14-9-11-4-2-1-3-7-16(11)13(18)10-5-6-15-12(17)8-10/h5-6,8,11H,1-4,7,9H2,(H,15,17). The van der Waals surface area contributed by atoms with Crippen LogP contribution in [0.1, 0.15) is 36.0 Å². The molecule has 0 spiro atoms. The van der Waals surface area contributed by atoms with E-state index in [1.807, 2.05) is 4.90 Å². The van der Waals surface area contributed by atoms with E-state index in [0.717, 1.165) is 31.1 Å². The van der Waals surface area contributed by atoms with Gasteiger partial charge in [-0.1, -0.05) is 28.8 Å². The summed E-state index contributed by atoms with van der Waals surface area (Å²) in [6.07, 6.45) is 5.92. The van der Waals surface area contributed by atoms with Crippen LogP contribution in [0.2, 0.25) is 0 Å². The molecule has 1 saturated heterocycles. The molecule has 1 N–H and O–H groups in total. The smallest absolute Gasteiger partial charge is 0.254 e. The number of rotatable bonds is 2. The van der Waals surface area contributed by atoms with Crippen LogP contribution in [-0.4, -0.2) is 33.7 Å². The summed E-state index contributed by atoms with van der Waals surface area (Å²) in [5.74, 6) is -0.0348. The molecule has 1 fully saturated rings. The van der Waals surface area contributed by atoms with Gasteiger partial charge in [-0.05, 0) is 18.9 Å². The van der Waals surface area contributed by atoms with Crippen molar-refractivity contribution in [3.63, 3.8) is 0 Å². The number of carbonyl (C=O) groups excluding carboxylic acids is 1. The first-order chi connectivity index (χ1) is 8.72. The number of hydrogen-bond donors (Lipinski definition) is 1. The lowest BCUT2D eigenvalue weighted by Crippen LogP contribution is -2.41. The third-order valence-electron chi connectivity index (χ3n) is 3.34. The monoisotopic (exact) mass is 312 g/mol. The van der Waals surface area contributed by atoms with Crippen molar-refractivity contribution < 1.29 is 4.79 Å². The van der Waals surface area contributed by atoms with Crippen LogP contribution in [0.25, 0.3) is 0 Å². The molecule has 2 heterocycles. The Kier molecular flexibility index (Phi) is 4.58. The second kappa shape index (κ2) is 6.18. The summed E-state index contributed by atoms with van der Waals surface area (Å²) in [6, 6.07) is 3.28. The third-order valence-corrected chi connectivity index (χ3v) is 4.09. The van der Waals surface area contributed by atoms with Crippen LogP contribution < -0.4 is 5.56 Å². The predicted molar refractivity (Wildman–Crippen MR) is 74.1 cm³/mol. The molecule has 0 aliphatic carbocycles. The average Bonchev–Trinajstić information content (AvgIpc) is 2.62. The van der Waals surface area contributed by atoms with Gasteiger partial charge < -0.3 is 9.88 Å². The number of halogens is 1. The number of carbonyl (C=O) groups is 1. The number of pyridine rings is 1. The van der Waals surface area contributed by atoms with Gasteiger partial charge in [0.1, 0.15) is 0 Å². The Morgan fingerprint density at radius 1 is 1.44 bits per heavy atom. The molecule has 0 saturated carbocycles. The van der Waals surface area contributed by atoms with Gasteiger partial charge in [0.05, 0.1) is 0 Å². The molecular formula is C13H17BrN2O2. The number of aromatic nitrogens is 1. The molecule has 1 atom stereocenters. The van der Waals surface area contributed by atoms with Crippen molar-refractivity contribution in [2.24, 2.45) is 0 Å². The van der Waals surface area contributed by atoms with Crippen LogP contribution in [0.4, 0.5) is 0 Å². The van der Waals surface area contributed by atoms with Crippen molar-refractivity contribution in [3.8, 4) is 0 Å². The largest absolute Gasteiger partial charge is 0.335 e. The van der Waals surface area contributed by atoms with Crippen LogP contribution in [0.15, 0.2) is 23.1 Å². The van der Waals surface area contributed by atoms with Crippen molar-refractivity contribution in [2.75, 3.05) is 11.9 Å². The SMILES string of the molecule is O=C(c1cc[nH]c(=O)c1)N1CCCCCC1CBr. The number of aromatic amines is 1. The molecule has 1 amide bonds. The van der Waals surface area contributed by atoms with Crippen molar-refractivity contribution in [1.29, 1.82) is 0 Å². The summed E-state index contributed by atoms with van der Waals surface area (Å²) in [5.41, 5.74) is 0.248. The van der Waals surface area contributed by atoms with Gasteiger partial charge in [0.15, 0.2) is 0 Å². The maximum absolute atomic E-state index is 12.4. The van der Waals surface area contributed by atoms with Crippen LogP contribution in [0, 0.1) is 0 Å². The summed E-state index contributed by atoms with van der Waals surface area (Å²) in [7, 11) is 0. The number of H-pyrrole nitrogens is 1. The van der Waals surface area contributed by atoms with Crippen molar-refractivity contribution in [2.45, 2.75) is 31.7 Å². The van der Waals surface area contributed by atoms with Crippen LogP contribution in [-0.2, 0) is 0 Å². The molecule has 1 unspecified atom stereocenters. The molecule has 98 valence electrons. The summed E-state index contributed by atoms with van der Waals surface area (Å²) < 4.78 is 0. The fourth-order valence-electron chi connectivity index (χ4n) is 2.35. The van der Waals surface area contributed by atoms with E-state index in [9.17, 15) is 9.59 Å². The number of nitrogens with zero attached hydrogens (tertiary/aromatic N) is 1. The third kappa shape index (κ3) is 3.02. The minimum atomic E-state index is -0.230. The molecule has 0 radical (unpaired) electrons. The fraction of sp³-hybridized carbons (Fsp3) is 0.538. The molecular weight excluding hydrogens is 296 g/mol. The lowest BCUT2D eigenvalue weighted by atomic mass is 10.1. The highest BCUT2D eigenvalue weighted by atomic mass is 79.9. The Bertz CT molecular complexity index is 472. The Morgan fingerprint density at radius 3 is 3.00 bits per heavy atom. The quantitative estimate of drug-likeness (QED) is 0.851. The summed E-state index contributed by atoms with van der Waals surface area (Å²) in [5, 5.41) is 0.794. The molecule has 1 aliphatic rings. The van der Waals surface area contributed by atoms with Gasteiger partial charge in [0, 0.05) is 35.7 Å². The highest BCUT2D eigenvalue weighted by molar-refractivity contribution is 9.09. The average molecular weight is 313 g/mol. The van der Waals surface area contributed by atoms with Crippen molar-refractivity contribution in [1.82, 2.24) is 9.88 Å². The number of amides is 1. The van der Waals surface area contributed by atoms with E-state index < -0.39 is 0 Å². The molecule has 1 aliphatic heterocycles. The molecule has 2 rings (SSSR count). The highest BCUT2D eigenvalue weighted by Gasteiger charge is 2.25. The van der Waals surface area contributed by atoms with E-state index >= 15 is 0 Å². The van der Waals surface area contributed by atoms with Gasteiger partial charge in [0.25, 0.3) is 5.91 Å². The minimum absolute atomic E-state index is 0.0348. The van der Waals surface area contributed by atoms with E-state index in [0.29, 0.717) is 5.56 Å². The summed E-state index contributed by atoms with van der Waals surface area (Å²) in [6.45, 7) is 0.780. The summed E-state index contributed by atoms with van der Waals surface area (Å²) in [4.78, 5) is 28.1. The van der Waals surface area contributed by atoms with E-state index in [2.05, 4.69) is 20.9 Å². The first-order valence-corrected chi connectivity index (χ1v) is 7.40. The summed E-state index contributed by atoms with van der Waals surface area (Å²) >= 11 is 3.48. The zero-order valence-corrected chi connectivity index (χ0v) is 11.8. The number of likely N-dealkylation sites (tertiary alicyclic amines) is 1. The number of nitrogens with one attached hydrogen (secondary N) is 1. The first kappa shape index (κ1) is 13.3. The Morgan fingerprint density at radius 2 is 2.28 bits per heavy atom. The van der Waals surface area contributed by atoms with Gasteiger partial charge in [-0.15, -0.1) is 0 Å². The molecule has 1 aromatic rings. The lowest BCUT2D eigenvalue weighted by Gasteiger charge is -2.28. The molecule has 4 nitrogen and oxygen atoms in total. The van der Waals surface area contributed by atoms with Gasteiger partial charge in [0.2, 0.25) is 5.56 Å². The van der Waals surface area contributed by atoms with E-state index in [1.54, 1.807) is 6.07 Å². The van der Waals surface area contributed by atoms with E-state index in [4.69, 9.17) is 0 Å². The molecule has 0 bridgehead atoms. The van der Waals surface area contributed by atoms with Crippen LogP contribution in [0.3, 0.4) is 0 Å². The van der Waals surface area contributed by atoms with E-state index in [1.165, 1.54) is 18.7 Å². The van der Waals surface area contributed by atoms with Crippen LogP contribution in [0.5, 0.6) is 0 Å². The maximum Gasteiger partial charge on any atom is 0.254 e. The molecule has 18 heavy (non-hydrogen) atoms. The topological polar surface area (TPSA) is 53.2 Å². The molecule has 0 aromatic carbocycles. The van der Waals surface area contributed by atoms with Gasteiger partial charge in [-0.3, -0.25) is 9.59 Å². The second-order valence-electron chi connectivity index (χ2n) is 4.60. The van der Waals surface area contributed by atoms with E-state index in [-0.39, 0.29) is 17.5 Å². The minimum Gasteiger partial charge on any atom is -0.335 e. The Labute approximate surface area is 115 Å². The fourth-order valence-corrected chi connectivity index (χ4v) is 3.02. The zero-order valence-electron chi connectivity index (χ0n) is 10.2. The maximum atomic E-state index is 12.4. The molecule has 5 heteroatoms. The highest BCUT2D eigenvalue weighted by Crippen LogP contribution is 2.20. The molecule has 1 aromatic heterocycles.